The highest BCUT2D eigenvalue weighted by atomic mass is 16.5. The first-order chi connectivity index (χ1) is 15.1. The van der Waals surface area contributed by atoms with Crippen molar-refractivity contribution in [1.29, 1.82) is 0 Å². The molecule has 31 heavy (non-hydrogen) atoms. The van der Waals surface area contributed by atoms with E-state index in [0.29, 0.717) is 32.5 Å². The highest BCUT2D eigenvalue weighted by molar-refractivity contribution is 5.95. The predicted octanol–water partition coefficient (Wildman–Crippen LogP) is 4.70. The van der Waals surface area contributed by atoms with Gasteiger partial charge in [0.25, 0.3) is 0 Å². The molecule has 2 aromatic rings. The molecule has 0 unspecified atom stereocenters. The molecule has 6 nitrogen and oxygen atoms in total. The molecule has 4 rings (SSSR count). The van der Waals surface area contributed by atoms with Gasteiger partial charge in [-0.25, -0.2) is 4.79 Å². The lowest BCUT2D eigenvalue weighted by atomic mass is 9.96. The van der Waals surface area contributed by atoms with E-state index < -0.39 is 0 Å². The van der Waals surface area contributed by atoms with Gasteiger partial charge in [-0.1, -0.05) is 38.1 Å². The normalized spacial score (nSPS) is 18.8. The number of hydrogen-bond acceptors (Lipinski definition) is 3. The fourth-order valence-corrected chi connectivity index (χ4v) is 4.31. The Labute approximate surface area is 184 Å². The average Bonchev–Trinajstić information content (AvgIpc) is 2.83. The number of carbonyl (C=O) groups is 2. The molecule has 0 radical (unpaired) electrons. The molecule has 1 atom stereocenters. The molecule has 2 heterocycles. The molecule has 0 aromatic heterocycles. The van der Waals surface area contributed by atoms with E-state index >= 15 is 0 Å². The van der Waals surface area contributed by atoms with Crippen molar-refractivity contribution in [3.8, 4) is 5.75 Å². The monoisotopic (exact) mass is 421 g/mol. The van der Waals surface area contributed by atoms with Gasteiger partial charge in [-0.2, -0.15) is 0 Å². The molecule has 1 N–H and O–H groups in total. The Hall–Kier alpha value is -3.02. The van der Waals surface area contributed by atoms with Gasteiger partial charge >= 0.3 is 6.03 Å². The highest BCUT2D eigenvalue weighted by Gasteiger charge is 2.34. The summed E-state index contributed by atoms with van der Waals surface area (Å²) in [6.45, 7) is 5.90. The summed E-state index contributed by atoms with van der Waals surface area (Å²) >= 11 is 0. The lowest BCUT2D eigenvalue weighted by Crippen LogP contribution is -2.52. The van der Waals surface area contributed by atoms with Crippen LogP contribution in [0.15, 0.2) is 48.5 Å². The smallest absolute Gasteiger partial charge is 0.324 e. The molecule has 0 spiro atoms. The Morgan fingerprint density at radius 3 is 2.58 bits per heavy atom. The van der Waals surface area contributed by atoms with Crippen molar-refractivity contribution < 1.29 is 14.3 Å². The number of nitrogens with zero attached hydrogens (tertiary/aromatic N) is 2. The number of anilines is 2. The molecule has 1 fully saturated rings. The first-order valence-corrected chi connectivity index (χ1v) is 11.3. The number of hydrogen-bond donors (Lipinski definition) is 1. The van der Waals surface area contributed by atoms with E-state index in [1.54, 1.807) is 0 Å². The summed E-state index contributed by atoms with van der Waals surface area (Å²) in [7, 11) is 0. The Bertz CT molecular complexity index is 937. The Morgan fingerprint density at radius 1 is 1.06 bits per heavy atom. The molecular formula is C25H31N3O3. The van der Waals surface area contributed by atoms with Crippen molar-refractivity contribution >= 4 is 23.3 Å². The number of para-hydroxylation sites is 2. The van der Waals surface area contributed by atoms with Crippen LogP contribution in [0.1, 0.15) is 38.7 Å². The summed E-state index contributed by atoms with van der Waals surface area (Å²) in [4.78, 5) is 29.8. The van der Waals surface area contributed by atoms with E-state index in [9.17, 15) is 9.59 Å². The van der Waals surface area contributed by atoms with E-state index in [-0.39, 0.29) is 24.0 Å². The Morgan fingerprint density at radius 2 is 1.84 bits per heavy atom. The number of rotatable bonds is 4. The minimum atomic E-state index is -0.0744. The molecule has 164 valence electrons. The zero-order valence-corrected chi connectivity index (χ0v) is 18.3. The van der Waals surface area contributed by atoms with Crippen molar-refractivity contribution in [3.63, 3.8) is 0 Å². The molecule has 2 aliphatic rings. The predicted molar refractivity (Wildman–Crippen MR) is 123 cm³/mol. The summed E-state index contributed by atoms with van der Waals surface area (Å²) in [5, 5.41) is 3.05. The first kappa shape index (κ1) is 21.2. The standard InChI is InChI=1S/C25H31N3O3/c1-3-18-8-7-9-20(16-18)26-24(29)19-12-14-27(15-13-19)25(30)28-17-21(4-2)31-23-11-6-5-10-22(23)28/h5-11,16,19,21H,3-4,12-15,17H2,1-2H3,(H,26,29)/t21-/m1/s1. The number of nitrogens with one attached hydrogen (secondary N) is 1. The van der Waals surface area contributed by atoms with Crippen LogP contribution in [-0.2, 0) is 11.2 Å². The van der Waals surface area contributed by atoms with Crippen LogP contribution >= 0.6 is 0 Å². The Kier molecular flexibility index (Phi) is 6.44. The number of urea groups is 1. The minimum absolute atomic E-state index is 0.000973. The number of fused-ring (bicyclic) bond motifs is 1. The third-order valence-corrected chi connectivity index (χ3v) is 6.26. The molecule has 2 aliphatic heterocycles. The fraction of sp³-hybridized carbons (Fsp3) is 0.440. The van der Waals surface area contributed by atoms with Crippen LogP contribution in [0.4, 0.5) is 16.2 Å². The van der Waals surface area contributed by atoms with Gasteiger partial charge in [0.2, 0.25) is 5.91 Å². The molecule has 3 amide bonds. The van der Waals surface area contributed by atoms with Gasteiger partial charge in [0.05, 0.1) is 12.2 Å². The number of likely N-dealkylation sites (tertiary alicyclic amines) is 1. The van der Waals surface area contributed by atoms with Gasteiger partial charge in [-0.05, 0) is 55.5 Å². The van der Waals surface area contributed by atoms with E-state index in [4.69, 9.17) is 4.74 Å². The van der Waals surface area contributed by atoms with E-state index in [1.165, 1.54) is 5.56 Å². The molecular weight excluding hydrogens is 390 g/mol. The fourth-order valence-electron chi connectivity index (χ4n) is 4.31. The third kappa shape index (κ3) is 4.68. The summed E-state index contributed by atoms with van der Waals surface area (Å²) in [5.41, 5.74) is 2.88. The number of amides is 3. The van der Waals surface area contributed by atoms with Crippen LogP contribution in [0, 0.1) is 5.92 Å². The van der Waals surface area contributed by atoms with Gasteiger partial charge in [0.1, 0.15) is 11.9 Å². The highest BCUT2D eigenvalue weighted by Crippen LogP contribution is 2.35. The van der Waals surface area contributed by atoms with Gasteiger partial charge in [-0.3, -0.25) is 9.69 Å². The third-order valence-electron chi connectivity index (χ3n) is 6.26. The Balaban J connectivity index is 1.37. The van der Waals surface area contributed by atoms with E-state index in [1.807, 2.05) is 52.3 Å². The second-order valence-corrected chi connectivity index (χ2v) is 8.31. The van der Waals surface area contributed by atoms with Crippen LogP contribution in [0.25, 0.3) is 0 Å². The van der Waals surface area contributed by atoms with Gasteiger partial charge in [0.15, 0.2) is 0 Å². The van der Waals surface area contributed by atoms with Gasteiger partial charge in [0, 0.05) is 24.7 Å². The van der Waals surface area contributed by atoms with Crippen molar-refractivity contribution in [1.82, 2.24) is 4.90 Å². The van der Waals surface area contributed by atoms with Crippen molar-refractivity contribution in [2.75, 3.05) is 29.9 Å². The summed E-state index contributed by atoms with van der Waals surface area (Å²) in [5.74, 6) is 0.732. The van der Waals surface area contributed by atoms with Crippen LogP contribution < -0.4 is 15.0 Å². The second kappa shape index (κ2) is 9.41. The number of ether oxygens (including phenoxy) is 1. The zero-order chi connectivity index (χ0) is 21.8. The molecule has 2 aromatic carbocycles. The number of benzene rings is 2. The topological polar surface area (TPSA) is 61.9 Å². The molecule has 1 saturated heterocycles. The van der Waals surface area contributed by atoms with Crippen LogP contribution in [0.2, 0.25) is 0 Å². The average molecular weight is 422 g/mol. The number of piperidine rings is 1. The minimum Gasteiger partial charge on any atom is -0.486 e. The summed E-state index contributed by atoms with van der Waals surface area (Å²) in [6.07, 6.45) is 3.14. The van der Waals surface area contributed by atoms with Gasteiger partial charge in [-0.15, -0.1) is 0 Å². The molecule has 6 heteroatoms. The maximum absolute atomic E-state index is 13.3. The lowest BCUT2D eigenvalue weighted by Gasteiger charge is -2.39. The summed E-state index contributed by atoms with van der Waals surface area (Å²) < 4.78 is 6.01. The van der Waals surface area contributed by atoms with Crippen molar-refractivity contribution in [2.24, 2.45) is 5.92 Å². The summed E-state index contributed by atoms with van der Waals surface area (Å²) in [6, 6.07) is 15.7. The molecule has 0 bridgehead atoms. The van der Waals surface area contributed by atoms with Crippen molar-refractivity contribution in [2.45, 2.75) is 45.6 Å². The quantitative estimate of drug-likeness (QED) is 0.779. The zero-order valence-electron chi connectivity index (χ0n) is 18.3. The maximum Gasteiger partial charge on any atom is 0.324 e. The molecule has 0 aliphatic carbocycles. The number of aryl methyl sites for hydroxylation is 1. The second-order valence-electron chi connectivity index (χ2n) is 8.31. The maximum atomic E-state index is 13.3. The van der Waals surface area contributed by atoms with Crippen LogP contribution in [0.3, 0.4) is 0 Å². The van der Waals surface area contributed by atoms with E-state index in [2.05, 4.69) is 25.2 Å². The largest absolute Gasteiger partial charge is 0.486 e. The first-order valence-electron chi connectivity index (χ1n) is 11.3. The van der Waals surface area contributed by atoms with Gasteiger partial charge < -0.3 is 15.0 Å². The van der Waals surface area contributed by atoms with E-state index in [0.717, 1.165) is 30.0 Å². The van der Waals surface area contributed by atoms with Crippen molar-refractivity contribution in [3.05, 3.63) is 54.1 Å². The number of carbonyl (C=O) groups excluding carboxylic acids is 2. The van der Waals surface area contributed by atoms with Crippen LogP contribution in [-0.4, -0.2) is 42.6 Å². The SMILES string of the molecule is CCc1cccc(NC(=O)C2CCN(C(=O)N3C[C@@H](CC)Oc4ccccc43)CC2)c1. The van der Waals surface area contributed by atoms with Crippen LogP contribution in [0.5, 0.6) is 5.75 Å². The lowest BCUT2D eigenvalue weighted by molar-refractivity contribution is -0.121. The molecule has 0 saturated carbocycles.